The monoisotopic (exact) mass is 406 g/mol. The molecule has 1 fully saturated rings. The summed E-state index contributed by atoms with van der Waals surface area (Å²) >= 11 is 0. The summed E-state index contributed by atoms with van der Waals surface area (Å²) < 4.78 is 4.87. The fourth-order valence-corrected chi connectivity index (χ4v) is 3.29. The molecule has 0 spiro atoms. The molecular weight excluding hydrogens is 380 g/mol. The molecular formula is C19H26N4O6. The van der Waals surface area contributed by atoms with Gasteiger partial charge in [0.05, 0.1) is 10.5 Å². The van der Waals surface area contributed by atoms with Gasteiger partial charge in [0, 0.05) is 26.2 Å². The maximum atomic E-state index is 12.1. The SMILES string of the molecule is C[C@H]1CCCC[C@H]1NC(=O)NC(=O)COC(=O)c1ccc(N(C)C)c([N+](=O)[O-])c1. The van der Waals surface area contributed by atoms with E-state index in [1.165, 1.54) is 12.1 Å². The molecule has 2 rings (SSSR count). The highest BCUT2D eigenvalue weighted by atomic mass is 16.6. The summed E-state index contributed by atoms with van der Waals surface area (Å²) in [7, 11) is 3.29. The van der Waals surface area contributed by atoms with E-state index in [2.05, 4.69) is 17.6 Å². The van der Waals surface area contributed by atoms with Crippen LogP contribution in [0.3, 0.4) is 0 Å². The molecule has 29 heavy (non-hydrogen) atoms. The van der Waals surface area contributed by atoms with E-state index in [1.807, 2.05) is 0 Å². The fourth-order valence-electron chi connectivity index (χ4n) is 3.29. The van der Waals surface area contributed by atoms with Crippen LogP contribution in [0.25, 0.3) is 0 Å². The molecule has 10 heteroatoms. The highest BCUT2D eigenvalue weighted by Crippen LogP contribution is 2.28. The minimum atomic E-state index is -0.894. The second-order valence-corrected chi connectivity index (χ2v) is 7.32. The number of nitro benzene ring substituents is 1. The van der Waals surface area contributed by atoms with Crippen LogP contribution >= 0.6 is 0 Å². The van der Waals surface area contributed by atoms with Crippen LogP contribution in [0.15, 0.2) is 18.2 Å². The number of anilines is 1. The van der Waals surface area contributed by atoms with Gasteiger partial charge in [0.1, 0.15) is 5.69 Å². The van der Waals surface area contributed by atoms with Crippen LogP contribution in [0, 0.1) is 16.0 Å². The molecule has 0 aromatic heterocycles. The van der Waals surface area contributed by atoms with Crippen molar-refractivity contribution in [3.8, 4) is 0 Å². The van der Waals surface area contributed by atoms with E-state index in [9.17, 15) is 24.5 Å². The van der Waals surface area contributed by atoms with Crippen molar-refractivity contribution in [1.82, 2.24) is 10.6 Å². The molecule has 0 radical (unpaired) electrons. The van der Waals surface area contributed by atoms with Crippen molar-refractivity contribution in [2.45, 2.75) is 38.6 Å². The molecule has 10 nitrogen and oxygen atoms in total. The second kappa shape index (κ2) is 9.85. The van der Waals surface area contributed by atoms with E-state index >= 15 is 0 Å². The number of hydrogen-bond acceptors (Lipinski definition) is 7. The summed E-state index contributed by atoms with van der Waals surface area (Å²) in [6, 6.07) is 3.27. The molecule has 1 aliphatic rings. The lowest BCUT2D eigenvalue weighted by Gasteiger charge is -2.29. The van der Waals surface area contributed by atoms with Crippen LogP contribution in [0.5, 0.6) is 0 Å². The van der Waals surface area contributed by atoms with E-state index in [0.29, 0.717) is 11.6 Å². The average molecular weight is 406 g/mol. The Morgan fingerprint density at radius 1 is 1.24 bits per heavy atom. The third-order valence-corrected chi connectivity index (χ3v) is 4.90. The highest BCUT2D eigenvalue weighted by molar-refractivity contribution is 5.97. The minimum absolute atomic E-state index is 0.00913. The van der Waals surface area contributed by atoms with Crippen molar-refractivity contribution in [1.29, 1.82) is 0 Å². The number of nitrogens with zero attached hydrogens (tertiary/aromatic N) is 2. The summed E-state index contributed by atoms with van der Waals surface area (Å²) in [5, 5.41) is 16.1. The van der Waals surface area contributed by atoms with Gasteiger partial charge < -0.3 is 15.0 Å². The van der Waals surface area contributed by atoms with E-state index in [0.717, 1.165) is 31.7 Å². The fraction of sp³-hybridized carbons (Fsp3) is 0.526. The number of carbonyl (C=O) groups excluding carboxylic acids is 3. The number of hydrogen-bond donors (Lipinski definition) is 2. The van der Waals surface area contributed by atoms with Crippen molar-refractivity contribution in [3.63, 3.8) is 0 Å². The topological polar surface area (TPSA) is 131 Å². The molecule has 2 N–H and O–H groups in total. The van der Waals surface area contributed by atoms with E-state index < -0.39 is 29.4 Å². The van der Waals surface area contributed by atoms with Crippen molar-refractivity contribution >= 4 is 29.3 Å². The number of ether oxygens (including phenoxy) is 1. The molecule has 1 aliphatic carbocycles. The van der Waals surface area contributed by atoms with Gasteiger partial charge in [-0.1, -0.05) is 19.8 Å². The largest absolute Gasteiger partial charge is 0.452 e. The van der Waals surface area contributed by atoms with Crippen molar-refractivity contribution in [2.75, 3.05) is 25.6 Å². The molecule has 3 amide bonds. The Labute approximate surface area is 168 Å². The zero-order valence-electron chi connectivity index (χ0n) is 16.8. The lowest BCUT2D eigenvalue weighted by atomic mass is 9.86. The quantitative estimate of drug-likeness (QED) is 0.421. The third-order valence-electron chi connectivity index (χ3n) is 4.90. The van der Waals surface area contributed by atoms with Gasteiger partial charge in [-0.05, 0) is 30.9 Å². The maximum absolute atomic E-state index is 12.1. The molecule has 1 aromatic carbocycles. The third kappa shape index (κ3) is 6.16. The van der Waals surface area contributed by atoms with Gasteiger partial charge in [0.25, 0.3) is 11.6 Å². The highest BCUT2D eigenvalue weighted by Gasteiger charge is 2.24. The molecule has 158 valence electrons. The van der Waals surface area contributed by atoms with Crippen LogP contribution in [0.2, 0.25) is 0 Å². The normalized spacial score (nSPS) is 18.4. The van der Waals surface area contributed by atoms with Crippen LogP contribution in [0.4, 0.5) is 16.2 Å². The molecule has 0 aliphatic heterocycles. The van der Waals surface area contributed by atoms with Gasteiger partial charge >= 0.3 is 12.0 Å². The number of esters is 1. The minimum Gasteiger partial charge on any atom is -0.452 e. The Morgan fingerprint density at radius 3 is 2.55 bits per heavy atom. The van der Waals surface area contributed by atoms with Crippen molar-refractivity contribution < 1.29 is 24.0 Å². The van der Waals surface area contributed by atoms with Gasteiger partial charge in [-0.2, -0.15) is 0 Å². The molecule has 0 bridgehead atoms. The summed E-state index contributed by atoms with van der Waals surface area (Å²) in [5.41, 5.74) is 0.0170. The summed E-state index contributed by atoms with van der Waals surface area (Å²) in [6.07, 6.45) is 4.04. The number of benzene rings is 1. The first kappa shape index (κ1) is 22.1. The summed E-state index contributed by atoms with van der Waals surface area (Å²) in [4.78, 5) is 48.1. The van der Waals surface area contributed by atoms with Crippen LogP contribution in [-0.2, 0) is 9.53 Å². The Morgan fingerprint density at radius 2 is 1.93 bits per heavy atom. The Balaban J connectivity index is 1.88. The predicted octanol–water partition coefficient (Wildman–Crippen LogP) is 2.22. The Bertz CT molecular complexity index is 795. The van der Waals surface area contributed by atoms with E-state index in [4.69, 9.17) is 4.74 Å². The first-order valence-electron chi connectivity index (χ1n) is 9.42. The number of nitro groups is 1. The smallest absolute Gasteiger partial charge is 0.338 e. The maximum Gasteiger partial charge on any atom is 0.338 e. The zero-order valence-corrected chi connectivity index (χ0v) is 16.8. The first-order valence-corrected chi connectivity index (χ1v) is 9.42. The number of urea groups is 1. The molecule has 2 atom stereocenters. The van der Waals surface area contributed by atoms with Gasteiger partial charge in [0.2, 0.25) is 0 Å². The molecule has 0 unspecified atom stereocenters. The van der Waals surface area contributed by atoms with Crippen molar-refractivity contribution in [2.24, 2.45) is 5.92 Å². The van der Waals surface area contributed by atoms with Gasteiger partial charge in [-0.25, -0.2) is 9.59 Å². The number of imide groups is 1. The number of rotatable bonds is 6. The standard InChI is InChI=1S/C19H26N4O6/c1-12-6-4-5-7-14(12)20-19(26)21-17(24)11-29-18(25)13-8-9-15(22(2)3)16(10-13)23(27)28/h8-10,12,14H,4-7,11H2,1-3H3,(H2,20,21,24,26)/t12-,14+/m0/s1. The van der Waals surface area contributed by atoms with E-state index in [1.54, 1.807) is 19.0 Å². The summed E-state index contributed by atoms with van der Waals surface area (Å²) in [6.45, 7) is 1.38. The van der Waals surface area contributed by atoms with Gasteiger partial charge in [0.15, 0.2) is 6.61 Å². The zero-order chi connectivity index (χ0) is 21.6. The van der Waals surface area contributed by atoms with Crippen LogP contribution in [-0.4, -0.2) is 49.6 Å². The van der Waals surface area contributed by atoms with Gasteiger partial charge in [-0.15, -0.1) is 0 Å². The Hall–Kier alpha value is -3.17. The number of carbonyl (C=O) groups is 3. The van der Waals surface area contributed by atoms with E-state index in [-0.39, 0.29) is 17.3 Å². The molecule has 0 heterocycles. The number of nitrogens with one attached hydrogen (secondary N) is 2. The second-order valence-electron chi connectivity index (χ2n) is 7.32. The van der Waals surface area contributed by atoms with Crippen LogP contribution < -0.4 is 15.5 Å². The van der Waals surface area contributed by atoms with Crippen molar-refractivity contribution in [3.05, 3.63) is 33.9 Å². The average Bonchev–Trinajstić information content (AvgIpc) is 2.67. The molecule has 1 saturated carbocycles. The lowest BCUT2D eigenvalue weighted by Crippen LogP contribution is -2.48. The summed E-state index contributed by atoms with van der Waals surface area (Å²) in [5.74, 6) is -1.34. The first-order chi connectivity index (χ1) is 13.7. The molecule has 1 aromatic rings. The van der Waals surface area contributed by atoms with Crippen LogP contribution in [0.1, 0.15) is 43.0 Å². The predicted molar refractivity (Wildman–Crippen MR) is 106 cm³/mol. The molecule has 0 saturated heterocycles. The van der Waals surface area contributed by atoms with Gasteiger partial charge in [-0.3, -0.25) is 20.2 Å². The lowest BCUT2D eigenvalue weighted by molar-refractivity contribution is -0.384. The Kier molecular flexibility index (Phi) is 7.52. The number of amides is 3.